The van der Waals surface area contributed by atoms with Gasteiger partial charge in [0.1, 0.15) is 22.9 Å². The molecule has 3 aromatic carbocycles. The molecule has 206 valence electrons. The largest absolute Gasteiger partial charge is 0.497 e. The highest BCUT2D eigenvalue weighted by molar-refractivity contribution is 7.93. The van der Waals surface area contributed by atoms with E-state index >= 15 is 0 Å². The van der Waals surface area contributed by atoms with Crippen molar-refractivity contribution >= 4 is 27.7 Å². The number of carbonyl (C=O) groups is 1. The van der Waals surface area contributed by atoms with Crippen LogP contribution < -0.4 is 13.8 Å². The summed E-state index contributed by atoms with van der Waals surface area (Å²) >= 11 is 0. The molecule has 4 rings (SSSR count). The highest BCUT2D eigenvalue weighted by Crippen LogP contribution is 2.32. The van der Waals surface area contributed by atoms with E-state index in [4.69, 9.17) is 9.47 Å². The molecule has 0 unspecified atom stereocenters. The molecule has 0 aromatic heterocycles. The molecule has 0 spiro atoms. The normalized spacial score (nSPS) is 14.4. The van der Waals surface area contributed by atoms with Gasteiger partial charge in [0, 0.05) is 38.8 Å². The predicted octanol–water partition coefficient (Wildman–Crippen LogP) is 4.07. The zero-order valence-corrected chi connectivity index (χ0v) is 23.4. The van der Waals surface area contributed by atoms with Gasteiger partial charge < -0.3 is 14.4 Å². The van der Waals surface area contributed by atoms with Crippen LogP contribution in [-0.2, 0) is 14.8 Å². The van der Waals surface area contributed by atoms with E-state index in [0.717, 1.165) is 22.0 Å². The molecule has 8 nitrogen and oxygen atoms in total. The number of piperazine rings is 1. The third-order valence-corrected chi connectivity index (χ3v) is 8.50. The first-order chi connectivity index (χ1) is 18.8. The van der Waals surface area contributed by atoms with Crippen LogP contribution in [0.1, 0.15) is 11.1 Å². The number of anilines is 1. The van der Waals surface area contributed by atoms with Gasteiger partial charge in [-0.05, 0) is 42.3 Å². The Morgan fingerprint density at radius 1 is 0.923 bits per heavy atom. The van der Waals surface area contributed by atoms with Crippen molar-refractivity contribution in [2.24, 2.45) is 0 Å². The Balaban J connectivity index is 1.50. The minimum absolute atomic E-state index is 0.00985. The molecule has 1 aliphatic heterocycles. The molecule has 0 bridgehead atoms. The lowest BCUT2D eigenvalue weighted by Crippen LogP contribution is -2.51. The molecule has 0 atom stereocenters. The lowest BCUT2D eigenvalue weighted by Gasteiger charge is -2.35. The average Bonchev–Trinajstić information content (AvgIpc) is 2.96. The first-order valence-corrected chi connectivity index (χ1v) is 14.3. The third-order valence-electron chi connectivity index (χ3n) is 6.71. The van der Waals surface area contributed by atoms with Gasteiger partial charge in [-0.25, -0.2) is 8.42 Å². The lowest BCUT2D eigenvalue weighted by atomic mass is 10.2. The summed E-state index contributed by atoms with van der Waals surface area (Å²) in [7, 11) is -1.20. The van der Waals surface area contributed by atoms with Crippen molar-refractivity contribution in [1.82, 2.24) is 9.80 Å². The number of ether oxygens (including phenoxy) is 2. The number of carbonyl (C=O) groups excluding carboxylic acids is 1. The van der Waals surface area contributed by atoms with Gasteiger partial charge in [-0.15, -0.1) is 0 Å². The molecule has 9 heteroatoms. The topological polar surface area (TPSA) is 79.4 Å². The molecule has 0 radical (unpaired) electrons. The summed E-state index contributed by atoms with van der Waals surface area (Å²) in [6.45, 7) is 4.74. The summed E-state index contributed by atoms with van der Waals surface area (Å²) in [5.74, 6) is 0.458. The van der Waals surface area contributed by atoms with Crippen LogP contribution in [0.2, 0.25) is 0 Å². The van der Waals surface area contributed by atoms with E-state index in [1.807, 2.05) is 25.1 Å². The van der Waals surface area contributed by atoms with Gasteiger partial charge in [-0.3, -0.25) is 14.0 Å². The number of methoxy groups -OCH3 is 2. The summed E-state index contributed by atoms with van der Waals surface area (Å²) in [5.41, 5.74) is 2.26. The Kier molecular flexibility index (Phi) is 9.27. The van der Waals surface area contributed by atoms with Crippen molar-refractivity contribution < 1.29 is 22.7 Å². The van der Waals surface area contributed by atoms with Gasteiger partial charge in [-0.1, -0.05) is 54.6 Å². The van der Waals surface area contributed by atoms with Crippen molar-refractivity contribution in [3.8, 4) is 11.5 Å². The van der Waals surface area contributed by atoms with Crippen molar-refractivity contribution in [3.63, 3.8) is 0 Å². The van der Waals surface area contributed by atoms with Crippen LogP contribution in [0.3, 0.4) is 0 Å². The summed E-state index contributed by atoms with van der Waals surface area (Å²) < 4.78 is 39.8. The fourth-order valence-corrected chi connectivity index (χ4v) is 6.14. The van der Waals surface area contributed by atoms with E-state index in [9.17, 15) is 13.2 Å². The van der Waals surface area contributed by atoms with Gasteiger partial charge in [-0.2, -0.15) is 0 Å². The molecule has 0 aliphatic carbocycles. The van der Waals surface area contributed by atoms with Crippen LogP contribution in [-0.4, -0.2) is 77.6 Å². The van der Waals surface area contributed by atoms with Gasteiger partial charge in [0.05, 0.1) is 19.9 Å². The first kappa shape index (κ1) is 28.2. The number of sulfonamides is 1. The van der Waals surface area contributed by atoms with Crippen LogP contribution in [0, 0.1) is 6.92 Å². The Hall–Kier alpha value is -3.82. The van der Waals surface area contributed by atoms with E-state index in [1.54, 1.807) is 47.4 Å². The molecule has 1 fully saturated rings. The Morgan fingerprint density at radius 2 is 1.67 bits per heavy atom. The van der Waals surface area contributed by atoms with E-state index in [-0.39, 0.29) is 23.1 Å². The van der Waals surface area contributed by atoms with E-state index in [0.29, 0.717) is 37.6 Å². The third kappa shape index (κ3) is 6.99. The Morgan fingerprint density at radius 3 is 2.36 bits per heavy atom. The number of nitrogens with zero attached hydrogens (tertiary/aromatic N) is 3. The van der Waals surface area contributed by atoms with Crippen LogP contribution >= 0.6 is 0 Å². The van der Waals surface area contributed by atoms with Crippen molar-refractivity contribution in [2.45, 2.75) is 11.8 Å². The van der Waals surface area contributed by atoms with Crippen LogP contribution in [0.5, 0.6) is 11.5 Å². The lowest BCUT2D eigenvalue weighted by molar-refractivity contribution is -0.131. The van der Waals surface area contributed by atoms with Gasteiger partial charge in [0.2, 0.25) is 5.91 Å². The minimum Gasteiger partial charge on any atom is -0.497 e. The zero-order chi connectivity index (χ0) is 27.8. The number of hydrogen-bond acceptors (Lipinski definition) is 6. The molecule has 1 amide bonds. The van der Waals surface area contributed by atoms with E-state index in [1.165, 1.54) is 14.2 Å². The minimum atomic E-state index is -4.14. The second-order valence-electron chi connectivity index (χ2n) is 9.36. The smallest absolute Gasteiger partial charge is 0.268 e. The summed E-state index contributed by atoms with van der Waals surface area (Å²) in [6, 6.07) is 21.8. The maximum absolute atomic E-state index is 14.0. The maximum Gasteiger partial charge on any atom is 0.268 e. The van der Waals surface area contributed by atoms with Crippen LogP contribution in [0.25, 0.3) is 6.08 Å². The van der Waals surface area contributed by atoms with E-state index < -0.39 is 10.0 Å². The summed E-state index contributed by atoms with van der Waals surface area (Å²) in [5, 5.41) is 0. The van der Waals surface area contributed by atoms with Crippen molar-refractivity contribution in [2.75, 3.05) is 57.8 Å². The summed E-state index contributed by atoms with van der Waals surface area (Å²) in [4.78, 5) is 17.5. The number of amides is 1. The molecule has 1 heterocycles. The van der Waals surface area contributed by atoms with Crippen molar-refractivity contribution in [1.29, 1.82) is 0 Å². The Bertz CT molecular complexity index is 1400. The predicted molar refractivity (Wildman–Crippen MR) is 154 cm³/mol. The number of benzene rings is 3. The fourth-order valence-electron chi connectivity index (χ4n) is 4.49. The van der Waals surface area contributed by atoms with Crippen molar-refractivity contribution in [3.05, 3.63) is 90.0 Å². The number of aryl methyl sites for hydroxylation is 1. The number of hydrogen-bond donors (Lipinski definition) is 0. The first-order valence-electron chi connectivity index (χ1n) is 12.8. The second kappa shape index (κ2) is 12.8. The molecule has 1 aliphatic rings. The second-order valence-corrected chi connectivity index (χ2v) is 11.2. The molecule has 1 saturated heterocycles. The molecular weight excluding hydrogens is 514 g/mol. The van der Waals surface area contributed by atoms with Gasteiger partial charge >= 0.3 is 0 Å². The quantitative estimate of drug-likeness (QED) is 0.380. The zero-order valence-electron chi connectivity index (χ0n) is 22.6. The Labute approximate surface area is 231 Å². The highest BCUT2D eigenvalue weighted by Gasteiger charge is 2.32. The molecule has 39 heavy (non-hydrogen) atoms. The van der Waals surface area contributed by atoms with Crippen LogP contribution in [0.4, 0.5) is 5.69 Å². The maximum atomic E-state index is 14.0. The van der Waals surface area contributed by atoms with Gasteiger partial charge in [0.25, 0.3) is 10.0 Å². The molecule has 0 N–H and O–H groups in total. The highest BCUT2D eigenvalue weighted by atomic mass is 32.2. The fraction of sp³-hybridized carbons (Fsp3) is 0.300. The SMILES string of the molecule is COc1cccc(N(CC(=O)N2CCN(C/C=C/c3ccccc3)CC2)S(=O)(=O)c2cc(C)ccc2OC)c1. The van der Waals surface area contributed by atoms with Gasteiger partial charge in [0.15, 0.2) is 0 Å². The molecular formula is C30H35N3O5S. The monoisotopic (exact) mass is 549 g/mol. The molecule has 3 aromatic rings. The van der Waals surface area contributed by atoms with E-state index in [2.05, 4.69) is 29.2 Å². The number of rotatable bonds is 10. The molecule has 0 saturated carbocycles. The summed E-state index contributed by atoms with van der Waals surface area (Å²) in [6.07, 6.45) is 4.22. The van der Waals surface area contributed by atoms with Crippen LogP contribution in [0.15, 0.2) is 83.8 Å². The standard InChI is InChI=1S/C30H35N3O5S/c1-24-14-15-28(38-3)29(21-24)39(35,36)33(26-12-7-13-27(22-26)37-2)23-30(34)32-19-17-31(18-20-32)16-8-11-25-9-5-4-6-10-25/h4-15,21-22H,16-20,23H2,1-3H3/b11-8+. The average molecular weight is 550 g/mol.